The van der Waals surface area contributed by atoms with Crippen molar-refractivity contribution in [3.05, 3.63) is 57.0 Å². The molecule has 2 rings (SSSR count). The molecule has 0 saturated carbocycles. The van der Waals surface area contributed by atoms with Crippen LogP contribution in [-0.2, 0) is 5.75 Å². The summed E-state index contributed by atoms with van der Waals surface area (Å²) in [6.07, 6.45) is 0. The molecule has 0 aliphatic rings. The van der Waals surface area contributed by atoms with Crippen molar-refractivity contribution in [2.24, 2.45) is 0 Å². The summed E-state index contributed by atoms with van der Waals surface area (Å²) in [5.41, 5.74) is 8.81. The maximum Gasteiger partial charge on any atom is 0.0449 e. The zero-order valence-corrected chi connectivity index (χ0v) is 13.1. The van der Waals surface area contributed by atoms with E-state index in [9.17, 15) is 0 Å². The van der Waals surface area contributed by atoms with Crippen LogP contribution < -0.4 is 5.73 Å². The Kier molecular flexibility index (Phi) is 4.60. The van der Waals surface area contributed by atoms with Gasteiger partial charge in [0.15, 0.2) is 0 Å². The van der Waals surface area contributed by atoms with Crippen LogP contribution in [0.3, 0.4) is 0 Å². The summed E-state index contributed by atoms with van der Waals surface area (Å²) in [5, 5.41) is 0.828. The van der Waals surface area contributed by atoms with Crippen LogP contribution >= 0.6 is 39.3 Å². The molecule has 0 aliphatic carbocycles. The lowest BCUT2D eigenvalue weighted by Gasteiger charge is -2.07. The molecule has 0 unspecified atom stereocenters. The molecular formula is C14H13BrClNS. The van der Waals surface area contributed by atoms with Gasteiger partial charge in [0.25, 0.3) is 0 Å². The number of rotatable bonds is 3. The van der Waals surface area contributed by atoms with Gasteiger partial charge in [-0.1, -0.05) is 23.7 Å². The Bertz CT molecular complexity index is 520. The summed E-state index contributed by atoms with van der Waals surface area (Å²) in [5.74, 6) is 0.849. The molecule has 94 valence electrons. The van der Waals surface area contributed by atoms with Crippen molar-refractivity contribution in [2.75, 3.05) is 5.73 Å². The van der Waals surface area contributed by atoms with Crippen molar-refractivity contribution in [1.82, 2.24) is 0 Å². The third kappa shape index (κ3) is 3.44. The molecule has 2 N–H and O–H groups in total. The van der Waals surface area contributed by atoms with E-state index in [1.807, 2.05) is 31.2 Å². The number of hydrogen-bond donors (Lipinski definition) is 1. The molecule has 0 aromatic heterocycles. The maximum absolute atomic E-state index is 6.22. The summed E-state index contributed by atoms with van der Waals surface area (Å²) >= 11 is 11.5. The highest BCUT2D eigenvalue weighted by Crippen LogP contribution is 2.33. The number of nitrogens with two attached hydrogens (primary N) is 1. The third-order valence-corrected chi connectivity index (χ3v) is 4.94. The molecule has 0 fully saturated rings. The molecule has 4 heteroatoms. The molecule has 0 saturated heterocycles. The molecule has 0 amide bonds. The smallest absolute Gasteiger partial charge is 0.0449 e. The molecule has 0 atom stereocenters. The Labute approximate surface area is 125 Å². The summed E-state index contributed by atoms with van der Waals surface area (Å²) < 4.78 is 1.02. The Hall–Kier alpha value is -0.640. The van der Waals surface area contributed by atoms with Crippen molar-refractivity contribution in [3.63, 3.8) is 0 Å². The normalized spacial score (nSPS) is 10.6. The van der Waals surface area contributed by atoms with Gasteiger partial charge in [0, 0.05) is 25.8 Å². The van der Waals surface area contributed by atoms with E-state index in [4.69, 9.17) is 17.3 Å². The average Bonchev–Trinajstić information content (AvgIpc) is 2.30. The molecule has 0 bridgehead atoms. The second-order valence-corrected chi connectivity index (χ2v) is 6.35. The minimum absolute atomic E-state index is 0.764. The highest BCUT2D eigenvalue weighted by Gasteiger charge is 2.04. The zero-order valence-electron chi connectivity index (χ0n) is 9.91. The summed E-state index contributed by atoms with van der Waals surface area (Å²) in [6.45, 7) is 2.04. The third-order valence-electron chi connectivity index (χ3n) is 2.55. The Morgan fingerprint density at radius 3 is 2.67 bits per heavy atom. The molecule has 0 heterocycles. The zero-order chi connectivity index (χ0) is 13.1. The van der Waals surface area contributed by atoms with E-state index in [1.54, 1.807) is 11.8 Å². The predicted molar refractivity (Wildman–Crippen MR) is 84.3 cm³/mol. The van der Waals surface area contributed by atoms with Gasteiger partial charge in [-0.15, -0.1) is 11.8 Å². The van der Waals surface area contributed by atoms with Gasteiger partial charge in [-0.3, -0.25) is 0 Å². The summed E-state index contributed by atoms with van der Waals surface area (Å²) in [6, 6.07) is 12.0. The molecule has 1 nitrogen and oxygen atoms in total. The van der Waals surface area contributed by atoms with Gasteiger partial charge in [-0.2, -0.15) is 0 Å². The van der Waals surface area contributed by atoms with Crippen LogP contribution in [0.4, 0.5) is 5.69 Å². The SMILES string of the molecule is Cc1ccc(CSc2ccc(N)cc2Br)c(Cl)c1. The molecular weight excluding hydrogens is 330 g/mol. The van der Waals surface area contributed by atoms with Crippen LogP contribution in [-0.4, -0.2) is 0 Å². The molecule has 18 heavy (non-hydrogen) atoms. The average molecular weight is 343 g/mol. The van der Waals surface area contributed by atoms with Crippen LogP contribution in [0.5, 0.6) is 0 Å². The van der Waals surface area contributed by atoms with E-state index in [0.717, 1.165) is 26.5 Å². The van der Waals surface area contributed by atoms with Crippen LogP contribution in [0, 0.1) is 6.92 Å². The van der Waals surface area contributed by atoms with Crippen molar-refractivity contribution < 1.29 is 0 Å². The van der Waals surface area contributed by atoms with E-state index < -0.39 is 0 Å². The Balaban J connectivity index is 2.11. The first-order valence-corrected chi connectivity index (χ1v) is 7.65. The van der Waals surface area contributed by atoms with Crippen molar-refractivity contribution >= 4 is 45.0 Å². The van der Waals surface area contributed by atoms with Crippen LogP contribution in [0.15, 0.2) is 45.8 Å². The molecule has 2 aromatic carbocycles. The lowest BCUT2D eigenvalue weighted by atomic mass is 10.2. The highest BCUT2D eigenvalue weighted by molar-refractivity contribution is 9.10. The number of hydrogen-bond acceptors (Lipinski definition) is 2. The maximum atomic E-state index is 6.22. The fourth-order valence-corrected chi connectivity index (χ4v) is 3.60. The number of anilines is 1. The molecule has 0 radical (unpaired) electrons. The van der Waals surface area contributed by atoms with E-state index in [-0.39, 0.29) is 0 Å². The van der Waals surface area contributed by atoms with E-state index >= 15 is 0 Å². The van der Waals surface area contributed by atoms with Gasteiger partial charge < -0.3 is 5.73 Å². The van der Waals surface area contributed by atoms with Gasteiger partial charge in [0.2, 0.25) is 0 Å². The summed E-state index contributed by atoms with van der Waals surface area (Å²) in [7, 11) is 0. The van der Waals surface area contributed by atoms with Crippen molar-refractivity contribution in [2.45, 2.75) is 17.6 Å². The first-order chi connectivity index (χ1) is 8.56. The highest BCUT2D eigenvalue weighted by atomic mass is 79.9. The topological polar surface area (TPSA) is 26.0 Å². The molecule has 2 aromatic rings. The van der Waals surface area contributed by atoms with Crippen molar-refractivity contribution in [1.29, 1.82) is 0 Å². The lowest BCUT2D eigenvalue weighted by molar-refractivity contribution is 1.34. The van der Waals surface area contributed by atoms with Crippen molar-refractivity contribution in [3.8, 4) is 0 Å². The van der Waals surface area contributed by atoms with Gasteiger partial charge >= 0.3 is 0 Å². The lowest BCUT2D eigenvalue weighted by Crippen LogP contribution is -1.87. The molecule has 0 aliphatic heterocycles. The van der Waals surface area contributed by atoms with E-state index in [2.05, 4.69) is 28.1 Å². The first-order valence-electron chi connectivity index (χ1n) is 5.49. The van der Waals surface area contributed by atoms with Gasteiger partial charge in [0.1, 0.15) is 0 Å². The summed E-state index contributed by atoms with van der Waals surface area (Å²) in [4.78, 5) is 1.17. The van der Waals surface area contributed by atoms with E-state index in [0.29, 0.717) is 0 Å². The monoisotopic (exact) mass is 341 g/mol. The van der Waals surface area contributed by atoms with Crippen LogP contribution in [0.25, 0.3) is 0 Å². The van der Waals surface area contributed by atoms with Crippen LogP contribution in [0.2, 0.25) is 5.02 Å². The molecule has 0 spiro atoms. The predicted octanol–water partition coefficient (Wildman–Crippen LogP) is 5.29. The van der Waals surface area contributed by atoms with Gasteiger partial charge in [0.05, 0.1) is 0 Å². The quantitative estimate of drug-likeness (QED) is 0.606. The standard InChI is InChI=1S/C14H13BrClNS/c1-9-2-3-10(13(16)6-9)8-18-14-5-4-11(17)7-12(14)15/h2-7H,8,17H2,1H3. The Morgan fingerprint density at radius 2 is 2.00 bits per heavy atom. The number of aryl methyl sites for hydroxylation is 1. The second kappa shape index (κ2) is 6.00. The van der Waals surface area contributed by atoms with Gasteiger partial charge in [-0.05, 0) is 58.2 Å². The second-order valence-electron chi connectivity index (χ2n) is 4.07. The van der Waals surface area contributed by atoms with Gasteiger partial charge in [-0.25, -0.2) is 0 Å². The fraction of sp³-hybridized carbons (Fsp3) is 0.143. The van der Waals surface area contributed by atoms with E-state index in [1.165, 1.54) is 10.5 Å². The van der Waals surface area contributed by atoms with Crippen LogP contribution in [0.1, 0.15) is 11.1 Å². The minimum Gasteiger partial charge on any atom is -0.399 e. The number of halogens is 2. The fourth-order valence-electron chi connectivity index (χ4n) is 1.56. The first kappa shape index (κ1) is 13.8. The Morgan fingerprint density at radius 1 is 1.22 bits per heavy atom. The number of benzene rings is 2. The number of thioether (sulfide) groups is 1. The largest absolute Gasteiger partial charge is 0.399 e. The minimum atomic E-state index is 0.764. The number of nitrogen functional groups attached to an aromatic ring is 1.